The number of hydrogen-bond donors (Lipinski definition) is 3. The van der Waals surface area contributed by atoms with E-state index in [4.69, 9.17) is 15.9 Å². The van der Waals surface area contributed by atoms with Crippen molar-refractivity contribution in [1.29, 1.82) is 0 Å². The molecule has 0 aliphatic rings. The normalized spacial score (nSPS) is 13.7. The summed E-state index contributed by atoms with van der Waals surface area (Å²) in [5.41, 5.74) is 6.44. The highest BCUT2D eigenvalue weighted by Crippen LogP contribution is 2.04. The average Bonchev–Trinajstić information content (AvgIpc) is 2.18. The molecule has 1 rings (SSSR count). The van der Waals surface area contributed by atoms with Gasteiger partial charge < -0.3 is 15.9 Å². The van der Waals surface area contributed by atoms with Crippen molar-refractivity contribution >= 4 is 18.4 Å². The van der Waals surface area contributed by atoms with Crippen molar-refractivity contribution in [2.75, 3.05) is 0 Å². The molecule has 0 aromatic heterocycles. The zero-order valence-electron chi connectivity index (χ0n) is 8.04. The molecule has 0 fully saturated rings. The van der Waals surface area contributed by atoms with Crippen molar-refractivity contribution in [3.05, 3.63) is 35.9 Å². The molecule has 0 amide bonds. The van der Waals surface area contributed by atoms with Crippen molar-refractivity contribution in [3.63, 3.8) is 0 Å². The third-order valence-electron chi connectivity index (χ3n) is 1.97. The highest BCUT2D eigenvalue weighted by Gasteiger charge is 2.21. The van der Waals surface area contributed by atoms with E-state index >= 15 is 0 Å². The Morgan fingerprint density at radius 2 is 1.87 bits per heavy atom. The molecular formula is C10H14ClNO3. The Morgan fingerprint density at radius 3 is 2.33 bits per heavy atom. The number of aliphatic carboxylic acids is 1. The standard InChI is InChI=1S/C10H13NO3.ClH/c11-8(9(12)10(13)14)6-7-4-2-1-3-5-7;/h1-5,8-9,12H,6,11H2,(H,13,14);1H/t8-,9-;/m1./s1. The number of hydrogen-bond acceptors (Lipinski definition) is 3. The van der Waals surface area contributed by atoms with Gasteiger partial charge in [-0.2, -0.15) is 0 Å². The van der Waals surface area contributed by atoms with E-state index in [-0.39, 0.29) is 12.4 Å². The lowest BCUT2D eigenvalue weighted by molar-refractivity contribution is -0.147. The molecule has 0 aliphatic heterocycles. The summed E-state index contributed by atoms with van der Waals surface area (Å²) in [4.78, 5) is 10.4. The molecule has 0 heterocycles. The van der Waals surface area contributed by atoms with Crippen molar-refractivity contribution in [2.45, 2.75) is 18.6 Å². The number of nitrogens with two attached hydrogens (primary N) is 1. The summed E-state index contributed by atoms with van der Waals surface area (Å²) >= 11 is 0. The second-order valence-corrected chi connectivity index (χ2v) is 3.14. The minimum atomic E-state index is -1.50. The summed E-state index contributed by atoms with van der Waals surface area (Å²) in [6.45, 7) is 0. The van der Waals surface area contributed by atoms with Crippen LogP contribution >= 0.6 is 12.4 Å². The maximum atomic E-state index is 10.4. The third kappa shape index (κ3) is 4.29. The second-order valence-electron chi connectivity index (χ2n) is 3.14. The van der Waals surface area contributed by atoms with Gasteiger partial charge in [0.15, 0.2) is 6.10 Å². The zero-order chi connectivity index (χ0) is 10.6. The van der Waals surface area contributed by atoms with Gasteiger partial charge in [0.2, 0.25) is 0 Å². The molecule has 0 radical (unpaired) electrons. The van der Waals surface area contributed by atoms with Gasteiger partial charge in [-0.25, -0.2) is 4.79 Å². The number of carboxylic acids is 1. The lowest BCUT2D eigenvalue weighted by Crippen LogP contribution is -2.41. The molecule has 15 heavy (non-hydrogen) atoms. The Morgan fingerprint density at radius 1 is 1.33 bits per heavy atom. The monoisotopic (exact) mass is 231 g/mol. The summed E-state index contributed by atoms with van der Waals surface area (Å²) in [6, 6.07) is 8.46. The lowest BCUT2D eigenvalue weighted by atomic mass is 10.0. The number of halogens is 1. The van der Waals surface area contributed by atoms with Crippen molar-refractivity contribution in [3.8, 4) is 0 Å². The molecule has 4 nitrogen and oxygen atoms in total. The lowest BCUT2D eigenvalue weighted by Gasteiger charge is -2.14. The van der Waals surface area contributed by atoms with Crippen LogP contribution in [0.1, 0.15) is 5.56 Å². The molecule has 0 saturated carbocycles. The highest BCUT2D eigenvalue weighted by molar-refractivity contribution is 5.85. The summed E-state index contributed by atoms with van der Waals surface area (Å²) in [6.07, 6.45) is -1.15. The summed E-state index contributed by atoms with van der Waals surface area (Å²) < 4.78 is 0. The van der Waals surface area contributed by atoms with Crippen LogP contribution in [0, 0.1) is 0 Å². The van der Waals surface area contributed by atoms with Crippen molar-refractivity contribution in [1.82, 2.24) is 0 Å². The van der Waals surface area contributed by atoms with Crippen LogP contribution in [0.25, 0.3) is 0 Å². The highest BCUT2D eigenvalue weighted by atomic mass is 35.5. The fraction of sp³-hybridized carbons (Fsp3) is 0.300. The smallest absolute Gasteiger partial charge is 0.334 e. The molecule has 0 aliphatic carbocycles. The molecule has 0 spiro atoms. The van der Waals surface area contributed by atoms with E-state index in [1.165, 1.54) is 0 Å². The van der Waals surface area contributed by atoms with Gasteiger partial charge >= 0.3 is 5.97 Å². The molecular weight excluding hydrogens is 218 g/mol. The molecule has 4 N–H and O–H groups in total. The first-order chi connectivity index (χ1) is 6.61. The summed E-state index contributed by atoms with van der Waals surface area (Å²) in [5.74, 6) is -1.28. The van der Waals surface area contributed by atoms with Crippen LogP contribution in [0.4, 0.5) is 0 Å². The first-order valence-corrected chi connectivity index (χ1v) is 4.31. The van der Waals surface area contributed by atoms with E-state index in [2.05, 4.69) is 0 Å². The maximum Gasteiger partial charge on any atom is 0.334 e. The van der Waals surface area contributed by atoms with Gasteiger partial charge in [-0.15, -0.1) is 12.4 Å². The van der Waals surface area contributed by atoms with Gasteiger partial charge in [-0.1, -0.05) is 30.3 Å². The maximum absolute atomic E-state index is 10.4. The van der Waals surface area contributed by atoms with Crippen LogP contribution in [-0.2, 0) is 11.2 Å². The van der Waals surface area contributed by atoms with E-state index in [1.807, 2.05) is 30.3 Å². The van der Waals surface area contributed by atoms with Crippen LogP contribution in [0.3, 0.4) is 0 Å². The largest absolute Gasteiger partial charge is 0.479 e. The summed E-state index contributed by atoms with van der Waals surface area (Å²) in [7, 11) is 0. The topological polar surface area (TPSA) is 83.5 Å². The van der Waals surface area contributed by atoms with Crippen LogP contribution < -0.4 is 5.73 Å². The van der Waals surface area contributed by atoms with Gasteiger partial charge in [0, 0.05) is 6.04 Å². The Labute approximate surface area is 94.1 Å². The molecule has 0 bridgehead atoms. The average molecular weight is 232 g/mol. The Balaban J connectivity index is 0.00000196. The molecule has 0 unspecified atom stereocenters. The minimum absolute atomic E-state index is 0. The zero-order valence-corrected chi connectivity index (χ0v) is 8.85. The van der Waals surface area contributed by atoms with Crippen molar-refractivity contribution < 1.29 is 15.0 Å². The van der Waals surface area contributed by atoms with Gasteiger partial charge in [0.05, 0.1) is 0 Å². The Kier molecular flexibility index (Phi) is 5.93. The third-order valence-corrected chi connectivity index (χ3v) is 1.97. The van der Waals surface area contributed by atoms with Gasteiger partial charge in [-0.3, -0.25) is 0 Å². The van der Waals surface area contributed by atoms with E-state index in [9.17, 15) is 4.79 Å². The molecule has 2 atom stereocenters. The minimum Gasteiger partial charge on any atom is -0.479 e. The number of rotatable bonds is 4. The summed E-state index contributed by atoms with van der Waals surface area (Å²) in [5, 5.41) is 17.6. The molecule has 1 aromatic carbocycles. The first kappa shape index (κ1) is 13.9. The van der Waals surface area contributed by atoms with Gasteiger partial charge in [0.25, 0.3) is 0 Å². The second kappa shape index (κ2) is 6.40. The SMILES string of the molecule is Cl.N[C@H](Cc1ccccc1)[C@@H](O)C(=O)O. The van der Waals surface area contributed by atoms with E-state index in [0.29, 0.717) is 6.42 Å². The van der Waals surface area contributed by atoms with E-state index < -0.39 is 18.1 Å². The fourth-order valence-corrected chi connectivity index (χ4v) is 1.18. The molecule has 84 valence electrons. The molecule has 1 aromatic rings. The van der Waals surface area contributed by atoms with Crippen LogP contribution in [-0.4, -0.2) is 28.3 Å². The number of carboxylic acid groups (broad SMARTS) is 1. The molecule has 0 saturated heterocycles. The van der Waals surface area contributed by atoms with E-state index in [1.54, 1.807) is 0 Å². The van der Waals surface area contributed by atoms with E-state index in [0.717, 1.165) is 5.56 Å². The van der Waals surface area contributed by atoms with Gasteiger partial charge in [0.1, 0.15) is 0 Å². The number of aliphatic hydroxyl groups excluding tert-OH is 1. The van der Waals surface area contributed by atoms with Crippen LogP contribution in [0.15, 0.2) is 30.3 Å². The van der Waals surface area contributed by atoms with Crippen LogP contribution in [0.5, 0.6) is 0 Å². The number of carbonyl (C=O) groups is 1. The Bertz CT molecular complexity index is 305. The Hall–Kier alpha value is -1.10. The number of benzene rings is 1. The van der Waals surface area contributed by atoms with Crippen molar-refractivity contribution in [2.24, 2.45) is 5.73 Å². The first-order valence-electron chi connectivity index (χ1n) is 4.31. The predicted octanol–water partition coefficient (Wildman–Crippen LogP) is 0.424. The quantitative estimate of drug-likeness (QED) is 0.702. The van der Waals surface area contributed by atoms with Crippen LogP contribution in [0.2, 0.25) is 0 Å². The number of aliphatic hydroxyl groups is 1. The molecule has 5 heteroatoms. The van der Waals surface area contributed by atoms with Gasteiger partial charge in [-0.05, 0) is 12.0 Å². The fourth-order valence-electron chi connectivity index (χ4n) is 1.18. The predicted molar refractivity (Wildman–Crippen MR) is 59.0 cm³/mol.